The van der Waals surface area contributed by atoms with Gasteiger partial charge in [0.15, 0.2) is 0 Å². The number of sulfonamides is 1. The summed E-state index contributed by atoms with van der Waals surface area (Å²) in [6.45, 7) is 0. The van der Waals surface area contributed by atoms with E-state index in [0.717, 1.165) is 24.8 Å². The number of nitrogens with two attached hydrogens (primary N) is 1. The van der Waals surface area contributed by atoms with E-state index in [0.29, 0.717) is 12.2 Å². The number of halogens is 1. The van der Waals surface area contributed by atoms with Crippen LogP contribution in [0.15, 0.2) is 18.2 Å². The standard InChI is InChI=1S/C13H16FNO3S/c14-10-2-3-11-9(8-19(15,16)17)7-13(4-1-5-13)18-12(11)6-10/h2-3,6,9H,1,4-5,7-8H2,(H2,15,16,17)/t9-/m0/s1. The Morgan fingerprint density at radius 1 is 1.42 bits per heavy atom. The van der Waals surface area contributed by atoms with Gasteiger partial charge in [-0.3, -0.25) is 0 Å². The second kappa shape index (κ2) is 4.18. The Labute approximate surface area is 111 Å². The van der Waals surface area contributed by atoms with Crippen LogP contribution in [0, 0.1) is 5.82 Å². The smallest absolute Gasteiger partial charge is 0.209 e. The highest BCUT2D eigenvalue weighted by Gasteiger charge is 2.46. The Balaban J connectivity index is 2.00. The van der Waals surface area contributed by atoms with Gasteiger partial charge < -0.3 is 4.74 Å². The number of benzene rings is 1. The van der Waals surface area contributed by atoms with Gasteiger partial charge in [-0.1, -0.05) is 6.07 Å². The molecule has 1 spiro atoms. The summed E-state index contributed by atoms with van der Waals surface area (Å²) < 4.78 is 41.9. The van der Waals surface area contributed by atoms with Crippen LogP contribution in [0.25, 0.3) is 0 Å². The van der Waals surface area contributed by atoms with Crippen LogP contribution in [0.2, 0.25) is 0 Å². The molecule has 1 aromatic carbocycles. The third-order valence-electron chi connectivity index (χ3n) is 4.06. The van der Waals surface area contributed by atoms with E-state index < -0.39 is 10.0 Å². The van der Waals surface area contributed by atoms with Gasteiger partial charge in [-0.25, -0.2) is 17.9 Å². The van der Waals surface area contributed by atoms with E-state index in [1.54, 1.807) is 6.07 Å². The summed E-state index contributed by atoms with van der Waals surface area (Å²) in [4.78, 5) is 0. The van der Waals surface area contributed by atoms with Gasteiger partial charge >= 0.3 is 0 Å². The minimum Gasteiger partial charge on any atom is -0.487 e. The van der Waals surface area contributed by atoms with Crippen LogP contribution in [-0.4, -0.2) is 19.8 Å². The molecule has 3 rings (SSSR count). The highest BCUT2D eigenvalue weighted by atomic mass is 32.2. The molecular formula is C13H16FNO3S. The van der Waals surface area contributed by atoms with Crippen molar-refractivity contribution in [2.75, 3.05) is 5.75 Å². The van der Waals surface area contributed by atoms with Crippen LogP contribution in [0.5, 0.6) is 5.75 Å². The molecule has 0 unspecified atom stereocenters. The van der Waals surface area contributed by atoms with Crippen molar-refractivity contribution >= 4 is 10.0 Å². The lowest BCUT2D eigenvalue weighted by molar-refractivity contribution is -0.0317. The first-order valence-electron chi connectivity index (χ1n) is 6.36. The molecule has 19 heavy (non-hydrogen) atoms. The summed E-state index contributed by atoms with van der Waals surface area (Å²) in [5, 5.41) is 5.16. The van der Waals surface area contributed by atoms with Gasteiger partial charge in [-0.15, -0.1) is 0 Å². The maximum Gasteiger partial charge on any atom is 0.209 e. The monoisotopic (exact) mass is 285 g/mol. The van der Waals surface area contributed by atoms with Gasteiger partial charge in [0.1, 0.15) is 17.2 Å². The molecule has 2 N–H and O–H groups in total. The molecule has 1 saturated carbocycles. The van der Waals surface area contributed by atoms with Crippen molar-refractivity contribution in [1.82, 2.24) is 0 Å². The number of hydrogen-bond acceptors (Lipinski definition) is 3. The third kappa shape index (κ3) is 2.47. The van der Waals surface area contributed by atoms with E-state index in [2.05, 4.69) is 0 Å². The number of primary sulfonamides is 1. The molecule has 1 heterocycles. The number of fused-ring (bicyclic) bond motifs is 1. The topological polar surface area (TPSA) is 69.4 Å². The van der Waals surface area contributed by atoms with Crippen molar-refractivity contribution < 1.29 is 17.5 Å². The number of hydrogen-bond donors (Lipinski definition) is 1. The third-order valence-corrected chi connectivity index (χ3v) is 4.93. The fourth-order valence-corrected chi connectivity index (χ4v) is 3.93. The summed E-state index contributed by atoms with van der Waals surface area (Å²) in [7, 11) is -3.56. The largest absolute Gasteiger partial charge is 0.487 e. The zero-order valence-electron chi connectivity index (χ0n) is 10.4. The van der Waals surface area contributed by atoms with Crippen molar-refractivity contribution in [3.8, 4) is 5.75 Å². The first-order valence-corrected chi connectivity index (χ1v) is 8.07. The molecular weight excluding hydrogens is 269 g/mol. The van der Waals surface area contributed by atoms with E-state index >= 15 is 0 Å². The molecule has 0 saturated heterocycles. The molecule has 6 heteroatoms. The molecule has 1 atom stereocenters. The first-order chi connectivity index (χ1) is 8.87. The first kappa shape index (κ1) is 12.9. The van der Waals surface area contributed by atoms with Crippen LogP contribution < -0.4 is 9.88 Å². The highest BCUT2D eigenvalue weighted by Crippen LogP contribution is 2.49. The molecule has 0 amide bonds. The molecule has 1 aliphatic heterocycles. The van der Waals surface area contributed by atoms with E-state index in [1.807, 2.05) is 0 Å². The molecule has 1 aromatic rings. The molecule has 0 aromatic heterocycles. The van der Waals surface area contributed by atoms with Gasteiger partial charge in [-0.2, -0.15) is 0 Å². The summed E-state index contributed by atoms with van der Waals surface area (Å²) >= 11 is 0. The van der Waals surface area contributed by atoms with E-state index in [1.165, 1.54) is 12.1 Å². The molecule has 0 radical (unpaired) electrons. The van der Waals surface area contributed by atoms with E-state index in [-0.39, 0.29) is 23.1 Å². The predicted octanol–water partition coefficient (Wildman–Crippen LogP) is 1.90. The molecule has 2 aliphatic rings. The van der Waals surface area contributed by atoms with Crippen molar-refractivity contribution in [1.29, 1.82) is 0 Å². The van der Waals surface area contributed by atoms with Crippen molar-refractivity contribution in [2.24, 2.45) is 5.14 Å². The summed E-state index contributed by atoms with van der Waals surface area (Å²) in [5.74, 6) is -0.222. The summed E-state index contributed by atoms with van der Waals surface area (Å²) in [6, 6.07) is 4.27. The quantitative estimate of drug-likeness (QED) is 0.902. The Bertz CT molecular complexity index is 610. The van der Waals surface area contributed by atoms with Crippen LogP contribution in [0.4, 0.5) is 4.39 Å². The lowest BCUT2D eigenvalue weighted by Crippen LogP contribution is -2.48. The SMILES string of the molecule is NS(=O)(=O)C[C@@H]1CC2(CCC2)Oc2cc(F)ccc21. The average molecular weight is 285 g/mol. The Morgan fingerprint density at radius 2 is 2.16 bits per heavy atom. The van der Waals surface area contributed by atoms with Crippen LogP contribution in [-0.2, 0) is 10.0 Å². The van der Waals surface area contributed by atoms with Crippen molar-refractivity contribution in [2.45, 2.75) is 37.2 Å². The fourth-order valence-electron chi connectivity index (χ4n) is 3.07. The Morgan fingerprint density at radius 3 is 2.74 bits per heavy atom. The second-order valence-corrected chi connectivity index (χ2v) is 7.21. The molecule has 104 valence electrons. The van der Waals surface area contributed by atoms with Gasteiger partial charge in [0, 0.05) is 12.0 Å². The molecule has 1 aliphatic carbocycles. The van der Waals surface area contributed by atoms with Gasteiger partial charge in [0.25, 0.3) is 0 Å². The normalized spacial score (nSPS) is 24.4. The lowest BCUT2D eigenvalue weighted by Gasteiger charge is -2.47. The zero-order valence-corrected chi connectivity index (χ0v) is 11.2. The molecule has 0 bridgehead atoms. The Kier molecular flexibility index (Phi) is 2.83. The van der Waals surface area contributed by atoms with Crippen molar-refractivity contribution in [3.63, 3.8) is 0 Å². The van der Waals surface area contributed by atoms with E-state index in [4.69, 9.17) is 9.88 Å². The van der Waals surface area contributed by atoms with Gasteiger partial charge in [0.05, 0.1) is 5.75 Å². The predicted molar refractivity (Wildman–Crippen MR) is 68.9 cm³/mol. The zero-order chi connectivity index (χ0) is 13.7. The van der Waals surface area contributed by atoms with E-state index in [9.17, 15) is 12.8 Å². The highest BCUT2D eigenvalue weighted by molar-refractivity contribution is 7.89. The number of rotatable bonds is 2. The van der Waals surface area contributed by atoms with Crippen molar-refractivity contribution in [3.05, 3.63) is 29.6 Å². The lowest BCUT2D eigenvalue weighted by atomic mass is 9.71. The second-order valence-electron chi connectivity index (χ2n) is 5.55. The molecule has 4 nitrogen and oxygen atoms in total. The van der Waals surface area contributed by atoms with Gasteiger partial charge in [-0.05, 0) is 37.3 Å². The Hall–Kier alpha value is -1.14. The van der Waals surface area contributed by atoms with Crippen LogP contribution in [0.1, 0.15) is 37.2 Å². The maximum atomic E-state index is 13.3. The van der Waals surface area contributed by atoms with Crippen LogP contribution >= 0.6 is 0 Å². The number of ether oxygens (including phenoxy) is 1. The average Bonchev–Trinajstić information content (AvgIpc) is 2.23. The minimum absolute atomic E-state index is 0.114. The summed E-state index contributed by atoms with van der Waals surface area (Å²) in [6.07, 6.45) is 3.49. The van der Waals surface area contributed by atoms with Gasteiger partial charge in [0.2, 0.25) is 10.0 Å². The fraction of sp³-hybridized carbons (Fsp3) is 0.538. The minimum atomic E-state index is -3.56. The summed E-state index contributed by atoms with van der Waals surface area (Å²) in [5.41, 5.74) is 0.434. The maximum absolute atomic E-state index is 13.3. The molecule has 1 fully saturated rings. The van der Waals surface area contributed by atoms with Crippen LogP contribution in [0.3, 0.4) is 0 Å².